The van der Waals surface area contributed by atoms with Gasteiger partial charge in [-0.15, -0.1) is 17.5 Å². The number of hydrogen-bond donors (Lipinski definition) is 1. The highest BCUT2D eigenvalue weighted by atomic mass is 35.5. The van der Waals surface area contributed by atoms with Crippen molar-refractivity contribution >= 4 is 12.4 Å². The Morgan fingerprint density at radius 1 is 1.32 bits per heavy atom. The maximum absolute atomic E-state index is 12.2. The summed E-state index contributed by atoms with van der Waals surface area (Å²) in [5.41, 5.74) is 1.21. The molecule has 0 atom stereocenters. The van der Waals surface area contributed by atoms with Gasteiger partial charge in [0, 0.05) is 6.20 Å². The quantitative estimate of drug-likeness (QED) is 0.754. The molecular formula is C11H11ClN6O. The van der Waals surface area contributed by atoms with Gasteiger partial charge in [0.05, 0.1) is 18.6 Å². The molecule has 0 aliphatic carbocycles. The normalized spacial score (nSPS) is 10.2. The van der Waals surface area contributed by atoms with Gasteiger partial charge in [-0.25, -0.2) is 9.67 Å². The van der Waals surface area contributed by atoms with Gasteiger partial charge in [-0.05, 0) is 24.6 Å². The van der Waals surface area contributed by atoms with Crippen LogP contribution >= 0.6 is 12.4 Å². The van der Waals surface area contributed by atoms with Gasteiger partial charge in [-0.1, -0.05) is 5.21 Å². The van der Waals surface area contributed by atoms with Crippen LogP contribution in [-0.4, -0.2) is 29.8 Å². The van der Waals surface area contributed by atoms with Gasteiger partial charge in [-0.2, -0.15) is 4.68 Å². The van der Waals surface area contributed by atoms with Gasteiger partial charge in [0.2, 0.25) is 0 Å². The van der Waals surface area contributed by atoms with Crippen molar-refractivity contribution in [3.8, 4) is 11.5 Å². The molecule has 1 N–H and O–H groups in total. The average Bonchev–Trinajstić information content (AvgIpc) is 2.97. The summed E-state index contributed by atoms with van der Waals surface area (Å²) < 4.78 is 2.77. The fourth-order valence-electron chi connectivity index (χ4n) is 1.67. The zero-order valence-electron chi connectivity index (χ0n) is 10.0. The molecule has 0 radical (unpaired) electrons. The average molecular weight is 279 g/mol. The molecule has 0 saturated carbocycles. The number of nitrogens with one attached hydrogen (secondary N) is 1. The van der Waals surface area contributed by atoms with Gasteiger partial charge < -0.3 is 0 Å². The van der Waals surface area contributed by atoms with Crippen molar-refractivity contribution < 1.29 is 0 Å². The topological polar surface area (TPSA) is 81.4 Å². The van der Waals surface area contributed by atoms with Crippen molar-refractivity contribution in [3.05, 3.63) is 52.8 Å². The minimum absolute atomic E-state index is 0. The van der Waals surface area contributed by atoms with E-state index in [-0.39, 0.29) is 18.0 Å². The lowest BCUT2D eigenvalue weighted by Crippen LogP contribution is -2.19. The number of aromatic amines is 1. The van der Waals surface area contributed by atoms with Crippen molar-refractivity contribution in [2.45, 2.75) is 6.92 Å². The fraction of sp³-hybridized carbons (Fsp3) is 0.0909. The molecule has 3 aromatic rings. The van der Waals surface area contributed by atoms with E-state index in [2.05, 4.69) is 20.4 Å². The summed E-state index contributed by atoms with van der Waals surface area (Å²) in [7, 11) is 0. The number of rotatable bonds is 2. The van der Waals surface area contributed by atoms with E-state index in [1.54, 1.807) is 18.6 Å². The number of halogens is 1. The van der Waals surface area contributed by atoms with E-state index in [4.69, 9.17) is 0 Å². The van der Waals surface area contributed by atoms with Gasteiger partial charge in [0.15, 0.2) is 11.5 Å². The maximum Gasteiger partial charge on any atom is 0.298 e. The highest BCUT2D eigenvalue weighted by molar-refractivity contribution is 5.85. The lowest BCUT2D eigenvalue weighted by molar-refractivity contribution is 0.785. The molecule has 3 rings (SSSR count). The number of pyridine rings is 1. The standard InChI is InChI=1S/C11H10N6O.ClH/c1-8-2-3-12-10(6-8)17-11(18)9(7-14-17)16-5-4-13-15-16;/h2-7,14H,1H3;1H. The molecule has 0 spiro atoms. The van der Waals surface area contributed by atoms with Crippen LogP contribution in [0.25, 0.3) is 11.5 Å². The molecule has 0 aliphatic rings. The smallest absolute Gasteiger partial charge is 0.295 e. The molecule has 7 nitrogen and oxygen atoms in total. The highest BCUT2D eigenvalue weighted by Crippen LogP contribution is 2.04. The first-order chi connectivity index (χ1) is 8.75. The van der Waals surface area contributed by atoms with Crippen LogP contribution in [0.2, 0.25) is 0 Å². The lowest BCUT2D eigenvalue weighted by atomic mass is 10.3. The predicted molar refractivity (Wildman–Crippen MR) is 71.1 cm³/mol. The molecular weight excluding hydrogens is 268 g/mol. The second-order valence-electron chi connectivity index (χ2n) is 3.84. The number of H-pyrrole nitrogens is 1. The Balaban J connectivity index is 0.00000133. The first kappa shape index (κ1) is 13.0. The number of hydrogen-bond acceptors (Lipinski definition) is 4. The molecule has 19 heavy (non-hydrogen) atoms. The summed E-state index contributed by atoms with van der Waals surface area (Å²) in [6.45, 7) is 1.94. The van der Waals surface area contributed by atoms with Crippen LogP contribution in [0.5, 0.6) is 0 Å². The lowest BCUT2D eigenvalue weighted by Gasteiger charge is -2.00. The van der Waals surface area contributed by atoms with Gasteiger partial charge in [0.25, 0.3) is 5.56 Å². The van der Waals surface area contributed by atoms with E-state index in [1.165, 1.54) is 15.6 Å². The minimum Gasteiger partial charge on any atom is -0.295 e. The van der Waals surface area contributed by atoms with E-state index < -0.39 is 0 Å². The van der Waals surface area contributed by atoms with Crippen LogP contribution in [0.1, 0.15) is 5.56 Å². The van der Waals surface area contributed by atoms with E-state index >= 15 is 0 Å². The zero-order chi connectivity index (χ0) is 12.5. The fourth-order valence-corrected chi connectivity index (χ4v) is 1.67. The molecule has 0 saturated heterocycles. The van der Waals surface area contributed by atoms with Crippen LogP contribution < -0.4 is 5.56 Å². The molecule has 0 aliphatic heterocycles. The molecule has 8 heteroatoms. The van der Waals surface area contributed by atoms with E-state index in [0.717, 1.165) is 5.56 Å². The van der Waals surface area contributed by atoms with E-state index in [1.807, 2.05) is 19.1 Å². The third-order valence-electron chi connectivity index (χ3n) is 2.55. The molecule has 3 aromatic heterocycles. The summed E-state index contributed by atoms with van der Waals surface area (Å²) in [6, 6.07) is 3.69. The Bertz CT molecular complexity index is 730. The third kappa shape index (κ3) is 2.27. The van der Waals surface area contributed by atoms with Crippen molar-refractivity contribution in [2.24, 2.45) is 0 Å². The summed E-state index contributed by atoms with van der Waals surface area (Å²) in [4.78, 5) is 16.3. The van der Waals surface area contributed by atoms with Crippen molar-refractivity contribution in [2.75, 3.05) is 0 Å². The largest absolute Gasteiger partial charge is 0.298 e. The molecule has 0 amide bonds. The maximum atomic E-state index is 12.2. The Hall–Kier alpha value is -2.41. The summed E-state index contributed by atoms with van der Waals surface area (Å²) in [6.07, 6.45) is 6.36. The predicted octanol–water partition coefficient (Wildman–Crippen LogP) is 0.872. The third-order valence-corrected chi connectivity index (χ3v) is 2.55. The summed E-state index contributed by atoms with van der Waals surface area (Å²) >= 11 is 0. The van der Waals surface area contributed by atoms with Crippen molar-refractivity contribution in [1.29, 1.82) is 0 Å². The Morgan fingerprint density at radius 3 is 2.84 bits per heavy atom. The Labute approximate surface area is 114 Å². The van der Waals surface area contributed by atoms with Crippen LogP contribution in [-0.2, 0) is 0 Å². The molecule has 98 valence electrons. The molecule has 0 unspecified atom stereocenters. The minimum atomic E-state index is -0.224. The molecule has 0 fully saturated rings. The Kier molecular flexibility index (Phi) is 3.48. The second-order valence-corrected chi connectivity index (χ2v) is 3.84. The van der Waals surface area contributed by atoms with Crippen molar-refractivity contribution in [3.63, 3.8) is 0 Å². The van der Waals surface area contributed by atoms with E-state index in [0.29, 0.717) is 11.5 Å². The monoisotopic (exact) mass is 278 g/mol. The number of aryl methyl sites for hydroxylation is 1. The number of aromatic nitrogens is 6. The van der Waals surface area contributed by atoms with Gasteiger partial charge in [0.1, 0.15) is 0 Å². The van der Waals surface area contributed by atoms with Crippen LogP contribution in [0.4, 0.5) is 0 Å². The van der Waals surface area contributed by atoms with Crippen LogP contribution in [0.15, 0.2) is 41.7 Å². The zero-order valence-corrected chi connectivity index (χ0v) is 10.8. The highest BCUT2D eigenvalue weighted by Gasteiger charge is 2.10. The van der Waals surface area contributed by atoms with Crippen molar-refractivity contribution in [1.82, 2.24) is 29.8 Å². The second kappa shape index (κ2) is 5.07. The first-order valence-electron chi connectivity index (χ1n) is 5.36. The van der Waals surface area contributed by atoms with E-state index in [9.17, 15) is 4.79 Å². The SMILES string of the molecule is Cc1ccnc(-n2[nH]cc(-n3ccnn3)c2=O)c1.Cl. The van der Waals surface area contributed by atoms with Crippen LogP contribution in [0, 0.1) is 6.92 Å². The first-order valence-corrected chi connectivity index (χ1v) is 5.36. The Morgan fingerprint density at radius 2 is 2.16 bits per heavy atom. The summed E-state index contributed by atoms with van der Waals surface area (Å²) in [5, 5.41) is 10.3. The van der Waals surface area contributed by atoms with Crippen LogP contribution in [0.3, 0.4) is 0 Å². The number of nitrogens with zero attached hydrogens (tertiary/aromatic N) is 5. The molecule has 3 heterocycles. The van der Waals surface area contributed by atoms with Gasteiger partial charge >= 0.3 is 0 Å². The van der Waals surface area contributed by atoms with Gasteiger partial charge in [-0.3, -0.25) is 9.89 Å². The molecule has 0 aromatic carbocycles. The summed E-state index contributed by atoms with van der Waals surface area (Å²) in [5.74, 6) is 0.548. The molecule has 0 bridgehead atoms.